The van der Waals surface area contributed by atoms with Gasteiger partial charge in [-0.25, -0.2) is 9.18 Å². The van der Waals surface area contributed by atoms with Crippen molar-refractivity contribution in [3.63, 3.8) is 0 Å². The molecule has 1 fully saturated rings. The van der Waals surface area contributed by atoms with E-state index in [-0.39, 0.29) is 12.6 Å². The van der Waals surface area contributed by atoms with Gasteiger partial charge in [0.2, 0.25) is 0 Å². The van der Waals surface area contributed by atoms with E-state index in [0.717, 1.165) is 10.2 Å². The summed E-state index contributed by atoms with van der Waals surface area (Å²) in [4.78, 5) is 17.4. The Bertz CT molecular complexity index is 536. The summed E-state index contributed by atoms with van der Waals surface area (Å²) in [6.45, 7) is 5.90. The number of alkyl halides is 1. The molecular weight excluding hydrogens is 353 g/mol. The molecule has 1 aliphatic heterocycles. The third-order valence-corrected chi connectivity index (χ3v) is 3.68. The molecule has 5 nitrogen and oxygen atoms in total. The normalized spacial score (nSPS) is 22.3. The number of rotatable bonds is 2. The summed E-state index contributed by atoms with van der Waals surface area (Å²) in [6.07, 6.45) is 2.23. The largest absolute Gasteiger partial charge is 0.444 e. The minimum atomic E-state index is -1.15. The van der Waals surface area contributed by atoms with E-state index in [4.69, 9.17) is 4.74 Å². The summed E-state index contributed by atoms with van der Waals surface area (Å²) < 4.78 is 20.4. The number of hydrogen-bond acceptors (Lipinski definition) is 4. The summed E-state index contributed by atoms with van der Waals surface area (Å²) in [7, 11) is 0. The van der Waals surface area contributed by atoms with Crippen molar-refractivity contribution in [2.24, 2.45) is 0 Å². The first-order chi connectivity index (χ1) is 10.2. The molecule has 1 amide bonds. The molecule has 2 rings (SSSR count). The van der Waals surface area contributed by atoms with Gasteiger partial charge in [0, 0.05) is 17.2 Å². The van der Waals surface area contributed by atoms with E-state index < -0.39 is 17.9 Å². The number of anilines is 1. The van der Waals surface area contributed by atoms with Gasteiger partial charge in [0.1, 0.15) is 11.8 Å². The number of ether oxygens (including phenoxy) is 1. The number of aromatic nitrogens is 1. The molecule has 0 bridgehead atoms. The van der Waals surface area contributed by atoms with Gasteiger partial charge in [-0.15, -0.1) is 0 Å². The van der Waals surface area contributed by atoms with Crippen LogP contribution in [0.1, 0.15) is 27.2 Å². The van der Waals surface area contributed by atoms with Gasteiger partial charge in [-0.3, -0.25) is 4.98 Å². The van der Waals surface area contributed by atoms with E-state index in [0.29, 0.717) is 13.0 Å². The van der Waals surface area contributed by atoms with Crippen LogP contribution in [-0.2, 0) is 4.74 Å². The molecule has 0 saturated carbocycles. The lowest BCUT2D eigenvalue weighted by molar-refractivity contribution is 0.0125. The van der Waals surface area contributed by atoms with Crippen molar-refractivity contribution in [1.29, 1.82) is 0 Å². The zero-order chi connectivity index (χ0) is 16.3. The molecular formula is C15H21BrFN3O2. The minimum absolute atomic E-state index is 0.0357. The molecule has 0 spiro atoms. The summed E-state index contributed by atoms with van der Waals surface area (Å²) in [5.41, 5.74) is 0.188. The Morgan fingerprint density at radius 3 is 2.82 bits per heavy atom. The predicted molar refractivity (Wildman–Crippen MR) is 86.7 cm³/mol. The lowest BCUT2D eigenvalue weighted by atomic mass is 10.0. The number of hydrogen-bond donors (Lipinski definition) is 1. The molecule has 22 heavy (non-hydrogen) atoms. The highest BCUT2D eigenvalue weighted by Gasteiger charge is 2.33. The van der Waals surface area contributed by atoms with E-state index in [1.54, 1.807) is 33.2 Å². The number of piperidine rings is 1. The minimum Gasteiger partial charge on any atom is -0.444 e. The van der Waals surface area contributed by atoms with Gasteiger partial charge >= 0.3 is 6.09 Å². The summed E-state index contributed by atoms with van der Waals surface area (Å²) in [5, 5.41) is 3.13. The number of amides is 1. The van der Waals surface area contributed by atoms with Crippen molar-refractivity contribution in [1.82, 2.24) is 9.88 Å². The molecule has 2 heterocycles. The Morgan fingerprint density at radius 2 is 2.23 bits per heavy atom. The molecule has 1 saturated heterocycles. The lowest BCUT2D eigenvalue weighted by Gasteiger charge is -2.36. The average molecular weight is 374 g/mol. The molecule has 0 aromatic carbocycles. The van der Waals surface area contributed by atoms with E-state index in [9.17, 15) is 9.18 Å². The maximum atomic E-state index is 14.3. The SMILES string of the molecule is CC(C)(C)OC(=O)N1CCC(Nc2cncc(Br)c2)[C@H](F)C1. The number of nitrogens with one attached hydrogen (secondary N) is 1. The highest BCUT2D eigenvalue weighted by atomic mass is 79.9. The second kappa shape index (κ2) is 6.81. The van der Waals surface area contributed by atoms with Crippen LogP contribution in [0.2, 0.25) is 0 Å². The highest BCUT2D eigenvalue weighted by molar-refractivity contribution is 9.10. The maximum Gasteiger partial charge on any atom is 0.410 e. The number of halogens is 2. The zero-order valence-electron chi connectivity index (χ0n) is 13.0. The van der Waals surface area contributed by atoms with Crippen molar-refractivity contribution in [2.75, 3.05) is 18.4 Å². The Morgan fingerprint density at radius 1 is 1.50 bits per heavy atom. The first-order valence-corrected chi connectivity index (χ1v) is 8.03. The van der Waals surface area contributed by atoms with Gasteiger partial charge in [0.05, 0.1) is 24.5 Å². The van der Waals surface area contributed by atoms with Crippen LogP contribution >= 0.6 is 15.9 Å². The van der Waals surface area contributed by atoms with Crippen molar-refractivity contribution in [3.8, 4) is 0 Å². The molecule has 1 N–H and O–H groups in total. The fourth-order valence-electron chi connectivity index (χ4n) is 2.26. The van der Waals surface area contributed by atoms with Crippen molar-refractivity contribution >= 4 is 27.7 Å². The van der Waals surface area contributed by atoms with E-state index in [2.05, 4.69) is 26.2 Å². The molecule has 0 radical (unpaired) electrons. The predicted octanol–water partition coefficient (Wildman–Crippen LogP) is 3.60. The highest BCUT2D eigenvalue weighted by Crippen LogP contribution is 2.22. The van der Waals surface area contributed by atoms with Crippen LogP contribution in [0.4, 0.5) is 14.9 Å². The number of carbonyl (C=O) groups is 1. The monoisotopic (exact) mass is 373 g/mol. The van der Waals surface area contributed by atoms with Gasteiger partial charge in [-0.1, -0.05) is 0 Å². The van der Waals surface area contributed by atoms with E-state index >= 15 is 0 Å². The lowest BCUT2D eigenvalue weighted by Crippen LogP contribution is -2.51. The fourth-order valence-corrected chi connectivity index (χ4v) is 2.63. The molecule has 122 valence electrons. The Balaban J connectivity index is 1.91. The van der Waals surface area contributed by atoms with Gasteiger partial charge in [-0.05, 0) is 49.2 Å². The van der Waals surface area contributed by atoms with Crippen LogP contribution in [0.5, 0.6) is 0 Å². The number of likely N-dealkylation sites (tertiary alicyclic amines) is 1. The topological polar surface area (TPSA) is 54.5 Å². The molecule has 2 atom stereocenters. The average Bonchev–Trinajstić information content (AvgIpc) is 2.39. The smallest absolute Gasteiger partial charge is 0.410 e. The third kappa shape index (κ3) is 4.83. The molecule has 1 aromatic rings. The van der Waals surface area contributed by atoms with Gasteiger partial charge < -0.3 is 15.0 Å². The molecule has 1 aliphatic rings. The van der Waals surface area contributed by atoms with Crippen LogP contribution in [0.15, 0.2) is 22.9 Å². The first kappa shape index (κ1) is 17.0. The molecule has 0 aliphatic carbocycles. The van der Waals surface area contributed by atoms with Crippen LogP contribution in [0, 0.1) is 0 Å². The molecule has 7 heteroatoms. The second-order valence-electron chi connectivity index (χ2n) is 6.37. The van der Waals surface area contributed by atoms with Gasteiger partial charge in [-0.2, -0.15) is 0 Å². The summed E-state index contributed by atoms with van der Waals surface area (Å²) >= 11 is 3.33. The third-order valence-electron chi connectivity index (χ3n) is 3.25. The van der Waals surface area contributed by atoms with Crippen LogP contribution in [-0.4, -0.2) is 46.9 Å². The maximum absolute atomic E-state index is 14.3. The van der Waals surface area contributed by atoms with Crippen molar-refractivity contribution in [2.45, 2.75) is 45.0 Å². The van der Waals surface area contributed by atoms with Crippen LogP contribution in [0.3, 0.4) is 0 Å². The standard InChI is InChI=1S/C15H21BrFN3O2/c1-15(2,3)22-14(21)20-5-4-13(12(17)9-20)19-11-6-10(16)7-18-8-11/h6-8,12-13,19H,4-5,9H2,1-3H3/t12-,13?/m1/s1. The van der Waals surface area contributed by atoms with Crippen molar-refractivity contribution in [3.05, 3.63) is 22.9 Å². The quantitative estimate of drug-likeness (QED) is 0.860. The fraction of sp³-hybridized carbons (Fsp3) is 0.600. The Labute approximate surface area is 138 Å². The molecule has 1 unspecified atom stereocenters. The van der Waals surface area contributed by atoms with Crippen LogP contribution < -0.4 is 5.32 Å². The number of nitrogens with zero attached hydrogens (tertiary/aromatic N) is 2. The number of pyridine rings is 1. The Kier molecular flexibility index (Phi) is 5.26. The number of carbonyl (C=O) groups excluding carboxylic acids is 1. The van der Waals surface area contributed by atoms with Gasteiger partial charge in [0.25, 0.3) is 0 Å². The van der Waals surface area contributed by atoms with Crippen LogP contribution in [0.25, 0.3) is 0 Å². The molecule has 1 aromatic heterocycles. The van der Waals surface area contributed by atoms with E-state index in [1.165, 1.54) is 4.90 Å². The second-order valence-corrected chi connectivity index (χ2v) is 7.29. The van der Waals surface area contributed by atoms with Gasteiger partial charge in [0.15, 0.2) is 0 Å². The summed E-state index contributed by atoms with van der Waals surface area (Å²) in [5.74, 6) is 0. The zero-order valence-corrected chi connectivity index (χ0v) is 14.6. The first-order valence-electron chi connectivity index (χ1n) is 7.24. The van der Waals surface area contributed by atoms with E-state index in [1.807, 2.05) is 6.07 Å². The van der Waals surface area contributed by atoms with Crippen molar-refractivity contribution < 1.29 is 13.9 Å². The summed E-state index contributed by atoms with van der Waals surface area (Å²) in [6, 6.07) is 1.51. The Hall–Kier alpha value is -1.37.